The molecule has 2 fully saturated rings. The van der Waals surface area contributed by atoms with E-state index in [4.69, 9.17) is 15.2 Å². The molecule has 0 aromatic heterocycles. The Balaban J connectivity index is 1.95. The first-order chi connectivity index (χ1) is 8.04. The summed E-state index contributed by atoms with van der Waals surface area (Å²) >= 11 is 0. The van der Waals surface area contributed by atoms with Crippen LogP contribution >= 0.6 is 0 Å². The lowest BCUT2D eigenvalue weighted by Crippen LogP contribution is -2.62. The fourth-order valence-electron chi connectivity index (χ4n) is 2.31. The summed E-state index contributed by atoms with van der Waals surface area (Å²) in [6, 6.07) is 0. The summed E-state index contributed by atoms with van der Waals surface area (Å²) < 4.78 is 10.6. The van der Waals surface area contributed by atoms with Crippen molar-refractivity contribution in [2.75, 3.05) is 26.4 Å². The average Bonchev–Trinajstić information content (AvgIpc) is 2.30. The number of ether oxygens (including phenoxy) is 2. The van der Waals surface area contributed by atoms with Gasteiger partial charge in [0.1, 0.15) is 0 Å². The highest BCUT2D eigenvalue weighted by Gasteiger charge is 2.39. The van der Waals surface area contributed by atoms with Gasteiger partial charge in [-0.2, -0.15) is 0 Å². The molecule has 17 heavy (non-hydrogen) atoms. The van der Waals surface area contributed by atoms with E-state index in [0.717, 1.165) is 12.8 Å². The van der Waals surface area contributed by atoms with Crippen LogP contribution in [0.15, 0.2) is 0 Å². The summed E-state index contributed by atoms with van der Waals surface area (Å²) in [7, 11) is 0. The van der Waals surface area contributed by atoms with Gasteiger partial charge in [0.2, 0.25) is 5.91 Å². The van der Waals surface area contributed by atoms with E-state index in [9.17, 15) is 4.79 Å². The van der Waals surface area contributed by atoms with Crippen molar-refractivity contribution in [2.45, 2.75) is 43.7 Å². The van der Waals surface area contributed by atoms with Crippen LogP contribution in [-0.2, 0) is 14.3 Å². The first-order valence-corrected chi connectivity index (χ1v) is 6.31. The molecule has 98 valence electrons. The number of nitrogens with one attached hydrogen (secondary N) is 1. The predicted molar refractivity (Wildman–Crippen MR) is 63.6 cm³/mol. The summed E-state index contributed by atoms with van der Waals surface area (Å²) in [5.74, 6) is -0.0369. The van der Waals surface area contributed by atoms with E-state index in [2.05, 4.69) is 12.2 Å². The Bertz CT molecular complexity index is 281. The predicted octanol–water partition coefficient (Wildman–Crippen LogP) is 0.180. The zero-order chi connectivity index (χ0) is 12.4. The Hall–Kier alpha value is -0.650. The van der Waals surface area contributed by atoms with Crippen LogP contribution in [0.1, 0.15) is 32.6 Å². The van der Waals surface area contributed by atoms with Crippen molar-refractivity contribution >= 4 is 5.91 Å². The van der Waals surface area contributed by atoms with Crippen LogP contribution in [0.25, 0.3) is 0 Å². The van der Waals surface area contributed by atoms with Gasteiger partial charge in [0, 0.05) is 32.0 Å². The number of nitrogens with two attached hydrogens (primary N) is 1. The zero-order valence-corrected chi connectivity index (χ0v) is 10.5. The van der Waals surface area contributed by atoms with Crippen molar-refractivity contribution < 1.29 is 14.3 Å². The van der Waals surface area contributed by atoms with E-state index in [0.29, 0.717) is 39.3 Å². The summed E-state index contributed by atoms with van der Waals surface area (Å²) in [6.45, 7) is 4.62. The van der Waals surface area contributed by atoms with Crippen molar-refractivity contribution in [3.8, 4) is 0 Å². The number of rotatable bonds is 2. The lowest BCUT2D eigenvalue weighted by molar-refractivity contribution is -0.132. The van der Waals surface area contributed by atoms with Crippen molar-refractivity contribution in [2.24, 2.45) is 5.73 Å². The molecule has 5 nitrogen and oxygen atoms in total. The van der Waals surface area contributed by atoms with Crippen LogP contribution in [0.5, 0.6) is 0 Å². The fraction of sp³-hybridized carbons (Fsp3) is 0.917. The highest BCUT2D eigenvalue weighted by molar-refractivity contribution is 5.86. The molecule has 1 amide bonds. The van der Waals surface area contributed by atoms with Crippen LogP contribution in [0.2, 0.25) is 0 Å². The summed E-state index contributed by atoms with van der Waals surface area (Å²) in [6.07, 6.45) is 2.91. The van der Waals surface area contributed by atoms with Gasteiger partial charge in [-0.15, -0.1) is 0 Å². The summed E-state index contributed by atoms with van der Waals surface area (Å²) in [5, 5.41) is 3.11. The summed E-state index contributed by atoms with van der Waals surface area (Å²) in [5.41, 5.74) is 5.24. The van der Waals surface area contributed by atoms with Gasteiger partial charge in [-0.05, 0) is 32.6 Å². The molecule has 5 heteroatoms. The Labute approximate surface area is 102 Å². The van der Waals surface area contributed by atoms with E-state index < -0.39 is 5.54 Å². The molecule has 0 saturated carbocycles. The number of hydrogen-bond acceptors (Lipinski definition) is 4. The van der Waals surface area contributed by atoms with Gasteiger partial charge in [0.15, 0.2) is 0 Å². The maximum absolute atomic E-state index is 12.3. The third-order valence-electron chi connectivity index (χ3n) is 3.85. The van der Waals surface area contributed by atoms with Crippen molar-refractivity contribution in [1.29, 1.82) is 0 Å². The maximum Gasteiger partial charge on any atom is 0.240 e. The van der Waals surface area contributed by atoms with Crippen molar-refractivity contribution in [3.63, 3.8) is 0 Å². The molecule has 3 N–H and O–H groups in total. The third-order valence-corrected chi connectivity index (χ3v) is 3.85. The molecule has 0 unspecified atom stereocenters. The molecule has 2 rings (SSSR count). The van der Waals surface area contributed by atoms with Crippen molar-refractivity contribution in [1.82, 2.24) is 5.32 Å². The quantitative estimate of drug-likeness (QED) is 0.724. The Kier molecular flexibility index (Phi) is 3.70. The number of carbonyl (C=O) groups is 1. The molecule has 0 atom stereocenters. The van der Waals surface area contributed by atoms with Crippen LogP contribution in [0.3, 0.4) is 0 Å². The molecular formula is C12H22N2O3. The monoisotopic (exact) mass is 242 g/mol. The standard InChI is InChI=1S/C12H22N2O3/c1-11(2-6-16-7-3-11)14-10(15)12(13)4-8-17-9-5-12/h2-9,13H2,1H3,(H,14,15). The van der Waals surface area contributed by atoms with E-state index in [1.165, 1.54) is 0 Å². The minimum Gasteiger partial charge on any atom is -0.381 e. The van der Waals surface area contributed by atoms with Gasteiger partial charge in [0.25, 0.3) is 0 Å². The molecule has 0 aliphatic carbocycles. The van der Waals surface area contributed by atoms with Gasteiger partial charge < -0.3 is 20.5 Å². The Morgan fingerprint density at radius 2 is 1.53 bits per heavy atom. The highest BCUT2D eigenvalue weighted by Crippen LogP contribution is 2.23. The van der Waals surface area contributed by atoms with E-state index in [-0.39, 0.29) is 11.4 Å². The number of carbonyl (C=O) groups excluding carboxylic acids is 1. The molecule has 2 saturated heterocycles. The van der Waals surface area contributed by atoms with Crippen LogP contribution in [0.4, 0.5) is 0 Å². The van der Waals surface area contributed by atoms with Gasteiger partial charge in [-0.3, -0.25) is 4.79 Å². The fourth-order valence-corrected chi connectivity index (χ4v) is 2.31. The molecule has 2 aliphatic heterocycles. The molecule has 0 aromatic rings. The van der Waals surface area contributed by atoms with Gasteiger partial charge >= 0.3 is 0 Å². The highest BCUT2D eigenvalue weighted by atomic mass is 16.5. The molecule has 0 radical (unpaired) electrons. The van der Waals surface area contributed by atoms with Gasteiger partial charge in [0.05, 0.1) is 5.54 Å². The SMILES string of the molecule is CC1(NC(=O)C2(N)CCOCC2)CCOCC1. The summed E-state index contributed by atoms with van der Waals surface area (Å²) in [4.78, 5) is 12.3. The van der Waals surface area contributed by atoms with Crippen LogP contribution in [-0.4, -0.2) is 43.4 Å². The molecule has 0 spiro atoms. The molecule has 2 aliphatic rings. The topological polar surface area (TPSA) is 73.6 Å². The Morgan fingerprint density at radius 3 is 2.06 bits per heavy atom. The smallest absolute Gasteiger partial charge is 0.240 e. The second-order valence-electron chi connectivity index (χ2n) is 5.40. The lowest BCUT2D eigenvalue weighted by Gasteiger charge is -2.39. The van der Waals surface area contributed by atoms with E-state index in [1.807, 2.05) is 0 Å². The molecule has 0 aromatic carbocycles. The van der Waals surface area contributed by atoms with E-state index >= 15 is 0 Å². The number of hydrogen-bond donors (Lipinski definition) is 2. The maximum atomic E-state index is 12.3. The average molecular weight is 242 g/mol. The second-order valence-corrected chi connectivity index (χ2v) is 5.40. The third kappa shape index (κ3) is 2.97. The first kappa shape index (κ1) is 12.8. The van der Waals surface area contributed by atoms with Crippen LogP contribution in [0, 0.1) is 0 Å². The Morgan fingerprint density at radius 1 is 1.06 bits per heavy atom. The van der Waals surface area contributed by atoms with Crippen LogP contribution < -0.4 is 11.1 Å². The lowest BCUT2D eigenvalue weighted by atomic mass is 9.86. The normalized spacial score (nSPS) is 27.4. The molecule has 2 heterocycles. The van der Waals surface area contributed by atoms with Crippen molar-refractivity contribution in [3.05, 3.63) is 0 Å². The minimum atomic E-state index is -0.750. The zero-order valence-electron chi connectivity index (χ0n) is 10.5. The first-order valence-electron chi connectivity index (χ1n) is 6.31. The number of amides is 1. The molecule has 0 bridgehead atoms. The molecular weight excluding hydrogens is 220 g/mol. The second kappa shape index (κ2) is 4.92. The largest absolute Gasteiger partial charge is 0.381 e. The van der Waals surface area contributed by atoms with E-state index in [1.54, 1.807) is 0 Å². The van der Waals surface area contributed by atoms with Gasteiger partial charge in [-0.1, -0.05) is 0 Å². The minimum absolute atomic E-state index is 0.0369. The van der Waals surface area contributed by atoms with Gasteiger partial charge in [-0.25, -0.2) is 0 Å².